The maximum absolute atomic E-state index is 4.74. The molecule has 1 aromatic heterocycles. The van der Waals surface area contributed by atoms with E-state index in [4.69, 9.17) is 4.98 Å². The van der Waals surface area contributed by atoms with Gasteiger partial charge in [-0.3, -0.25) is 0 Å². The van der Waals surface area contributed by atoms with Crippen molar-refractivity contribution in [2.24, 2.45) is 0 Å². The largest absolute Gasteiger partial charge is 0.354 e. The van der Waals surface area contributed by atoms with E-state index in [-0.39, 0.29) is 0 Å². The van der Waals surface area contributed by atoms with Gasteiger partial charge in [-0.15, -0.1) is 0 Å². The smallest absolute Gasteiger partial charge is 0.129 e. The fraction of sp³-hybridized carbons (Fsp3) is 0.688. The summed E-state index contributed by atoms with van der Waals surface area (Å²) in [4.78, 5) is 7.24. The van der Waals surface area contributed by atoms with Crippen LogP contribution in [0, 0.1) is 6.92 Å². The Morgan fingerprint density at radius 2 is 2.21 bits per heavy atom. The third-order valence-electron chi connectivity index (χ3n) is 3.90. The Kier molecular flexibility index (Phi) is 5.20. The molecule has 3 heteroatoms. The average molecular weight is 261 g/mol. The zero-order chi connectivity index (χ0) is 13.7. The summed E-state index contributed by atoms with van der Waals surface area (Å²) < 4.78 is 0. The normalized spacial score (nSPS) is 19.1. The van der Waals surface area contributed by atoms with Crippen LogP contribution in [0.4, 0.5) is 5.82 Å². The molecule has 1 aliphatic heterocycles. The number of anilines is 1. The minimum Gasteiger partial charge on any atom is -0.354 e. The van der Waals surface area contributed by atoms with Crippen LogP contribution in [-0.4, -0.2) is 24.1 Å². The third kappa shape index (κ3) is 3.69. The molecule has 0 spiro atoms. The van der Waals surface area contributed by atoms with E-state index in [1.807, 2.05) is 0 Å². The topological polar surface area (TPSA) is 28.2 Å². The van der Waals surface area contributed by atoms with Crippen LogP contribution in [0.25, 0.3) is 0 Å². The van der Waals surface area contributed by atoms with Crippen LogP contribution in [0.2, 0.25) is 0 Å². The van der Waals surface area contributed by atoms with Gasteiger partial charge in [0.25, 0.3) is 0 Å². The summed E-state index contributed by atoms with van der Waals surface area (Å²) in [5.41, 5.74) is 2.49. The second-order valence-electron chi connectivity index (χ2n) is 5.55. The summed E-state index contributed by atoms with van der Waals surface area (Å²) in [5.74, 6) is 1.18. The molecule has 106 valence electrons. The molecule has 1 saturated heterocycles. The number of aryl methyl sites for hydroxylation is 1. The first kappa shape index (κ1) is 14.3. The van der Waals surface area contributed by atoms with Gasteiger partial charge in [0.15, 0.2) is 0 Å². The van der Waals surface area contributed by atoms with Gasteiger partial charge in [0.1, 0.15) is 5.82 Å². The highest BCUT2D eigenvalue weighted by molar-refractivity contribution is 5.44. The van der Waals surface area contributed by atoms with Gasteiger partial charge in [0.05, 0.1) is 0 Å². The van der Waals surface area contributed by atoms with Crippen molar-refractivity contribution in [3.63, 3.8) is 0 Å². The van der Waals surface area contributed by atoms with Crippen molar-refractivity contribution in [3.05, 3.63) is 23.4 Å². The summed E-state index contributed by atoms with van der Waals surface area (Å²) in [7, 11) is 0. The van der Waals surface area contributed by atoms with Gasteiger partial charge in [-0.1, -0.05) is 13.8 Å². The quantitative estimate of drug-likeness (QED) is 0.797. The molecule has 0 amide bonds. The van der Waals surface area contributed by atoms with Crippen molar-refractivity contribution in [2.75, 3.05) is 18.0 Å². The van der Waals surface area contributed by atoms with Crippen molar-refractivity contribution >= 4 is 5.82 Å². The number of aromatic nitrogens is 1. The van der Waals surface area contributed by atoms with E-state index in [1.165, 1.54) is 37.1 Å². The highest BCUT2D eigenvalue weighted by Gasteiger charge is 2.24. The van der Waals surface area contributed by atoms with Crippen LogP contribution in [0.5, 0.6) is 0 Å². The van der Waals surface area contributed by atoms with Crippen LogP contribution < -0.4 is 10.2 Å². The first-order valence-electron chi connectivity index (χ1n) is 7.69. The van der Waals surface area contributed by atoms with Crippen molar-refractivity contribution in [2.45, 2.75) is 59.0 Å². The predicted octanol–water partition coefficient (Wildman–Crippen LogP) is 3.27. The molecule has 1 atom stereocenters. The van der Waals surface area contributed by atoms with Gasteiger partial charge in [-0.05, 0) is 56.8 Å². The Morgan fingerprint density at radius 1 is 1.37 bits per heavy atom. The van der Waals surface area contributed by atoms with Gasteiger partial charge in [0.2, 0.25) is 0 Å². The molecule has 1 N–H and O–H groups in total. The summed E-state index contributed by atoms with van der Waals surface area (Å²) in [6, 6.07) is 5.15. The number of pyridine rings is 1. The fourth-order valence-electron chi connectivity index (χ4n) is 2.94. The van der Waals surface area contributed by atoms with E-state index in [1.54, 1.807) is 0 Å². The number of hydrogen-bond acceptors (Lipinski definition) is 3. The lowest BCUT2D eigenvalue weighted by atomic mass is 10.1. The Balaban J connectivity index is 2.11. The monoisotopic (exact) mass is 261 g/mol. The maximum Gasteiger partial charge on any atom is 0.129 e. The minimum atomic E-state index is 0.686. The van der Waals surface area contributed by atoms with E-state index in [0.717, 1.165) is 25.3 Å². The van der Waals surface area contributed by atoms with Crippen LogP contribution >= 0.6 is 0 Å². The highest BCUT2D eigenvalue weighted by atomic mass is 15.2. The molecule has 1 unspecified atom stereocenters. The van der Waals surface area contributed by atoms with E-state index in [2.05, 4.69) is 43.1 Å². The Labute approximate surface area is 117 Å². The summed E-state index contributed by atoms with van der Waals surface area (Å²) in [6.07, 6.45) is 5.02. The molecule has 3 nitrogen and oxygen atoms in total. The van der Waals surface area contributed by atoms with Crippen LogP contribution in [-0.2, 0) is 6.54 Å². The first-order valence-corrected chi connectivity index (χ1v) is 7.69. The molecule has 2 heterocycles. The van der Waals surface area contributed by atoms with E-state index in [0.29, 0.717) is 6.04 Å². The van der Waals surface area contributed by atoms with Gasteiger partial charge < -0.3 is 10.2 Å². The average Bonchev–Trinajstić information content (AvgIpc) is 2.86. The van der Waals surface area contributed by atoms with Gasteiger partial charge >= 0.3 is 0 Å². The molecule has 0 aromatic carbocycles. The summed E-state index contributed by atoms with van der Waals surface area (Å²) >= 11 is 0. The Morgan fingerprint density at radius 3 is 2.95 bits per heavy atom. The van der Waals surface area contributed by atoms with Crippen molar-refractivity contribution < 1.29 is 0 Å². The van der Waals surface area contributed by atoms with E-state index in [9.17, 15) is 0 Å². The SMILES string of the molecule is CCCNCc1cc(C)nc(N2CCCC2CC)c1. The van der Waals surface area contributed by atoms with Gasteiger partial charge in [0, 0.05) is 24.8 Å². The van der Waals surface area contributed by atoms with Gasteiger partial charge in [-0.25, -0.2) is 4.98 Å². The highest BCUT2D eigenvalue weighted by Crippen LogP contribution is 2.26. The number of hydrogen-bond donors (Lipinski definition) is 1. The zero-order valence-electron chi connectivity index (χ0n) is 12.6. The van der Waals surface area contributed by atoms with Crippen molar-refractivity contribution in [1.29, 1.82) is 0 Å². The number of nitrogens with zero attached hydrogens (tertiary/aromatic N) is 2. The number of rotatable bonds is 6. The van der Waals surface area contributed by atoms with E-state index >= 15 is 0 Å². The maximum atomic E-state index is 4.74. The Hall–Kier alpha value is -1.09. The van der Waals surface area contributed by atoms with Crippen molar-refractivity contribution in [1.82, 2.24) is 10.3 Å². The predicted molar refractivity (Wildman–Crippen MR) is 81.6 cm³/mol. The van der Waals surface area contributed by atoms with Crippen molar-refractivity contribution in [3.8, 4) is 0 Å². The van der Waals surface area contributed by atoms with Crippen LogP contribution in [0.15, 0.2) is 12.1 Å². The van der Waals surface area contributed by atoms with Gasteiger partial charge in [-0.2, -0.15) is 0 Å². The summed E-state index contributed by atoms with van der Waals surface area (Å²) in [5, 5.41) is 3.48. The number of nitrogens with one attached hydrogen (secondary N) is 1. The van der Waals surface area contributed by atoms with Crippen LogP contribution in [0.1, 0.15) is 50.8 Å². The molecule has 1 fully saturated rings. The molecular formula is C16H27N3. The summed E-state index contributed by atoms with van der Waals surface area (Å²) in [6.45, 7) is 9.78. The van der Waals surface area contributed by atoms with Crippen LogP contribution in [0.3, 0.4) is 0 Å². The molecule has 0 bridgehead atoms. The molecule has 0 aliphatic carbocycles. The Bertz CT molecular complexity index is 403. The second-order valence-corrected chi connectivity index (χ2v) is 5.55. The molecule has 1 aromatic rings. The third-order valence-corrected chi connectivity index (χ3v) is 3.90. The molecule has 0 saturated carbocycles. The second kappa shape index (κ2) is 6.90. The molecule has 2 rings (SSSR count). The first-order chi connectivity index (χ1) is 9.24. The molecule has 0 radical (unpaired) electrons. The lowest BCUT2D eigenvalue weighted by Gasteiger charge is -2.25. The lowest BCUT2D eigenvalue weighted by molar-refractivity contribution is 0.638. The molecular weight excluding hydrogens is 234 g/mol. The zero-order valence-corrected chi connectivity index (χ0v) is 12.6. The molecule has 1 aliphatic rings. The minimum absolute atomic E-state index is 0.686. The van der Waals surface area contributed by atoms with E-state index < -0.39 is 0 Å². The molecule has 19 heavy (non-hydrogen) atoms. The fourth-order valence-corrected chi connectivity index (χ4v) is 2.94. The lowest BCUT2D eigenvalue weighted by Crippen LogP contribution is -2.29. The standard InChI is InChI=1S/C16H27N3/c1-4-8-17-12-14-10-13(3)18-16(11-14)19-9-6-7-15(19)5-2/h10-11,15,17H,4-9,12H2,1-3H3.